The van der Waals surface area contributed by atoms with Crippen LogP contribution in [0.4, 0.5) is 5.69 Å². The van der Waals surface area contributed by atoms with Gasteiger partial charge in [0.15, 0.2) is 0 Å². The molecule has 0 spiro atoms. The second-order valence-corrected chi connectivity index (χ2v) is 4.65. The molecular formula is C11H13BrN2O. The first kappa shape index (κ1) is 10.5. The molecule has 1 atom stereocenters. The van der Waals surface area contributed by atoms with Crippen LogP contribution in [0.5, 0.6) is 0 Å². The second kappa shape index (κ2) is 4.23. The molecule has 1 saturated heterocycles. The van der Waals surface area contributed by atoms with Crippen LogP contribution in [0.25, 0.3) is 0 Å². The molecule has 1 fully saturated rings. The maximum atomic E-state index is 11.2. The number of benzene rings is 1. The van der Waals surface area contributed by atoms with Gasteiger partial charge < -0.3 is 10.6 Å². The molecule has 1 amide bonds. The van der Waals surface area contributed by atoms with Gasteiger partial charge >= 0.3 is 0 Å². The first-order chi connectivity index (χ1) is 7.18. The van der Waals surface area contributed by atoms with Crippen molar-refractivity contribution in [2.75, 3.05) is 11.4 Å². The van der Waals surface area contributed by atoms with Gasteiger partial charge in [-0.25, -0.2) is 0 Å². The van der Waals surface area contributed by atoms with Crippen LogP contribution in [-0.4, -0.2) is 18.5 Å². The molecule has 1 aliphatic heterocycles. The molecule has 0 radical (unpaired) electrons. The van der Waals surface area contributed by atoms with Gasteiger partial charge in [-0.05, 0) is 37.1 Å². The number of nitrogens with two attached hydrogens (primary N) is 1. The highest BCUT2D eigenvalue weighted by Gasteiger charge is 2.28. The number of hydrogen-bond acceptors (Lipinski definition) is 2. The van der Waals surface area contributed by atoms with Gasteiger partial charge in [0.1, 0.15) is 6.04 Å². The summed E-state index contributed by atoms with van der Waals surface area (Å²) in [5.41, 5.74) is 6.43. The summed E-state index contributed by atoms with van der Waals surface area (Å²) in [6, 6.07) is 7.83. The number of amides is 1. The lowest BCUT2D eigenvalue weighted by atomic mass is 10.2. The molecule has 0 aromatic heterocycles. The molecule has 1 aliphatic rings. The Morgan fingerprint density at radius 1 is 1.40 bits per heavy atom. The number of nitrogens with zero attached hydrogens (tertiary/aromatic N) is 1. The minimum Gasteiger partial charge on any atom is -0.368 e. The Kier molecular flexibility index (Phi) is 2.95. The monoisotopic (exact) mass is 268 g/mol. The van der Waals surface area contributed by atoms with Gasteiger partial charge in [0.2, 0.25) is 5.91 Å². The van der Waals surface area contributed by atoms with Gasteiger partial charge in [-0.2, -0.15) is 0 Å². The van der Waals surface area contributed by atoms with E-state index in [2.05, 4.69) is 20.8 Å². The summed E-state index contributed by atoms with van der Waals surface area (Å²) in [6.45, 7) is 0.912. The summed E-state index contributed by atoms with van der Waals surface area (Å²) in [5.74, 6) is -0.226. The Balaban J connectivity index is 2.22. The lowest BCUT2D eigenvalue weighted by Crippen LogP contribution is -2.40. The van der Waals surface area contributed by atoms with E-state index < -0.39 is 0 Å². The molecule has 15 heavy (non-hydrogen) atoms. The smallest absolute Gasteiger partial charge is 0.240 e. The minimum absolute atomic E-state index is 0.133. The lowest BCUT2D eigenvalue weighted by Gasteiger charge is -2.24. The summed E-state index contributed by atoms with van der Waals surface area (Å²) in [7, 11) is 0. The molecule has 2 N–H and O–H groups in total. The van der Waals surface area contributed by atoms with Crippen molar-refractivity contribution in [1.82, 2.24) is 0 Å². The summed E-state index contributed by atoms with van der Waals surface area (Å²) in [4.78, 5) is 13.3. The third-order valence-electron chi connectivity index (χ3n) is 2.74. The second-order valence-electron chi connectivity index (χ2n) is 3.73. The Labute approximate surface area is 97.4 Å². The molecule has 1 heterocycles. The maximum absolute atomic E-state index is 11.2. The summed E-state index contributed by atoms with van der Waals surface area (Å²) in [5, 5.41) is 0. The van der Waals surface area contributed by atoms with E-state index in [4.69, 9.17) is 5.73 Å². The molecule has 4 heteroatoms. The highest BCUT2D eigenvalue weighted by molar-refractivity contribution is 9.10. The Bertz CT molecular complexity index is 363. The molecule has 0 saturated carbocycles. The standard InChI is InChI=1S/C11H13BrN2O/c12-8-3-5-9(6-4-8)14-7-1-2-10(14)11(13)15/h3-6,10H,1-2,7H2,(H2,13,15)/t10-/m0/s1. The summed E-state index contributed by atoms with van der Waals surface area (Å²) in [6.07, 6.45) is 1.90. The average molecular weight is 269 g/mol. The van der Waals surface area contributed by atoms with Crippen molar-refractivity contribution in [2.24, 2.45) is 5.73 Å². The molecule has 80 valence electrons. The van der Waals surface area contributed by atoms with E-state index in [0.717, 1.165) is 29.5 Å². The molecule has 1 aromatic rings. The number of anilines is 1. The van der Waals surface area contributed by atoms with Crippen LogP contribution in [0.15, 0.2) is 28.7 Å². The fourth-order valence-electron chi connectivity index (χ4n) is 2.00. The summed E-state index contributed by atoms with van der Waals surface area (Å²) >= 11 is 3.39. The van der Waals surface area contributed by atoms with Crippen LogP contribution < -0.4 is 10.6 Å². The van der Waals surface area contributed by atoms with Crippen LogP contribution in [0.2, 0.25) is 0 Å². The van der Waals surface area contributed by atoms with Crippen LogP contribution in [-0.2, 0) is 4.79 Å². The van der Waals surface area contributed by atoms with Gasteiger partial charge in [-0.15, -0.1) is 0 Å². The quantitative estimate of drug-likeness (QED) is 0.891. The van der Waals surface area contributed by atoms with E-state index in [9.17, 15) is 4.79 Å². The van der Waals surface area contributed by atoms with Gasteiger partial charge in [0.05, 0.1) is 0 Å². The van der Waals surface area contributed by atoms with Crippen LogP contribution in [0.1, 0.15) is 12.8 Å². The van der Waals surface area contributed by atoms with E-state index in [0.29, 0.717) is 0 Å². The fraction of sp³-hybridized carbons (Fsp3) is 0.364. The van der Waals surface area contributed by atoms with Crippen molar-refractivity contribution in [3.05, 3.63) is 28.7 Å². The van der Waals surface area contributed by atoms with Crippen molar-refractivity contribution in [3.8, 4) is 0 Å². The maximum Gasteiger partial charge on any atom is 0.240 e. The third-order valence-corrected chi connectivity index (χ3v) is 3.27. The van der Waals surface area contributed by atoms with Crippen LogP contribution >= 0.6 is 15.9 Å². The number of carbonyl (C=O) groups excluding carboxylic acids is 1. The van der Waals surface area contributed by atoms with Gasteiger partial charge in [-0.3, -0.25) is 4.79 Å². The molecule has 1 aromatic carbocycles. The highest BCUT2D eigenvalue weighted by Crippen LogP contribution is 2.26. The van der Waals surface area contributed by atoms with Crippen molar-refractivity contribution < 1.29 is 4.79 Å². The lowest BCUT2D eigenvalue weighted by molar-refractivity contribution is -0.119. The highest BCUT2D eigenvalue weighted by atomic mass is 79.9. The Hall–Kier alpha value is -1.03. The number of hydrogen-bond donors (Lipinski definition) is 1. The number of halogens is 1. The number of rotatable bonds is 2. The number of carbonyl (C=O) groups is 1. The SMILES string of the molecule is NC(=O)[C@@H]1CCCN1c1ccc(Br)cc1. The summed E-state index contributed by atoms with van der Waals surface area (Å²) < 4.78 is 1.04. The average Bonchev–Trinajstić information content (AvgIpc) is 2.67. The van der Waals surface area contributed by atoms with E-state index in [1.54, 1.807) is 0 Å². The van der Waals surface area contributed by atoms with E-state index in [-0.39, 0.29) is 11.9 Å². The van der Waals surface area contributed by atoms with E-state index in [1.807, 2.05) is 24.3 Å². The van der Waals surface area contributed by atoms with Crippen molar-refractivity contribution in [2.45, 2.75) is 18.9 Å². The normalized spacial score (nSPS) is 20.6. The first-order valence-electron chi connectivity index (χ1n) is 5.00. The third kappa shape index (κ3) is 2.15. The zero-order chi connectivity index (χ0) is 10.8. The van der Waals surface area contributed by atoms with E-state index in [1.165, 1.54) is 0 Å². The fourth-order valence-corrected chi connectivity index (χ4v) is 2.27. The molecule has 0 unspecified atom stereocenters. The van der Waals surface area contributed by atoms with Crippen molar-refractivity contribution in [1.29, 1.82) is 0 Å². The Morgan fingerprint density at radius 2 is 2.07 bits per heavy atom. The number of primary amides is 1. The first-order valence-corrected chi connectivity index (χ1v) is 5.79. The molecule has 0 aliphatic carbocycles. The molecule has 0 bridgehead atoms. The van der Waals surface area contributed by atoms with Crippen LogP contribution in [0.3, 0.4) is 0 Å². The Morgan fingerprint density at radius 3 is 2.67 bits per heavy atom. The van der Waals surface area contributed by atoms with Gasteiger partial charge in [0, 0.05) is 16.7 Å². The van der Waals surface area contributed by atoms with Gasteiger partial charge in [-0.1, -0.05) is 15.9 Å². The minimum atomic E-state index is -0.226. The predicted octanol–water partition coefficient (Wildman–Crippen LogP) is 1.90. The van der Waals surface area contributed by atoms with Crippen LogP contribution in [0, 0.1) is 0 Å². The zero-order valence-corrected chi connectivity index (χ0v) is 9.90. The van der Waals surface area contributed by atoms with Crippen molar-refractivity contribution >= 4 is 27.5 Å². The topological polar surface area (TPSA) is 46.3 Å². The largest absolute Gasteiger partial charge is 0.368 e. The van der Waals surface area contributed by atoms with Crippen molar-refractivity contribution in [3.63, 3.8) is 0 Å². The van der Waals surface area contributed by atoms with Gasteiger partial charge in [0.25, 0.3) is 0 Å². The molecule has 3 nitrogen and oxygen atoms in total. The predicted molar refractivity (Wildman–Crippen MR) is 63.7 cm³/mol. The van der Waals surface area contributed by atoms with E-state index >= 15 is 0 Å². The zero-order valence-electron chi connectivity index (χ0n) is 8.32. The molecular weight excluding hydrogens is 256 g/mol. The molecule has 2 rings (SSSR count).